The molecule has 0 bridgehead atoms. The molecule has 0 saturated heterocycles. The molecule has 3 heterocycles. The van der Waals surface area contributed by atoms with Gasteiger partial charge in [0, 0.05) is 36.5 Å². The standard InChI is InChI=1S/C19H23N5O3S/c1-12-10-21-19-24(18(12)27)14(11-28-19)9-16(25)20-6-7-23-17(26)8-13-4-2-3-5-15(13)22-23/h8,10,14H,2-7,9,11H2,1H3,(H,20,25). The van der Waals surface area contributed by atoms with Gasteiger partial charge in [0.2, 0.25) is 5.91 Å². The fraction of sp³-hybridized carbons (Fsp3) is 0.526. The summed E-state index contributed by atoms with van der Waals surface area (Å²) in [6.07, 6.45) is 5.83. The van der Waals surface area contributed by atoms with Gasteiger partial charge < -0.3 is 5.32 Å². The molecule has 0 radical (unpaired) electrons. The largest absolute Gasteiger partial charge is 0.354 e. The predicted octanol–water partition coefficient (Wildman–Crippen LogP) is 0.841. The second kappa shape index (κ2) is 7.90. The van der Waals surface area contributed by atoms with E-state index in [-0.39, 0.29) is 29.5 Å². The normalized spacial score (nSPS) is 17.8. The molecule has 1 unspecified atom stereocenters. The van der Waals surface area contributed by atoms with Crippen molar-refractivity contribution in [1.29, 1.82) is 0 Å². The fourth-order valence-corrected chi connectivity index (χ4v) is 4.83. The second-order valence-electron chi connectivity index (χ2n) is 7.30. The van der Waals surface area contributed by atoms with E-state index in [1.165, 1.54) is 16.4 Å². The molecule has 9 heteroatoms. The Labute approximate surface area is 166 Å². The van der Waals surface area contributed by atoms with Crippen molar-refractivity contribution in [3.8, 4) is 0 Å². The molecule has 2 aliphatic rings. The van der Waals surface area contributed by atoms with Gasteiger partial charge in [-0.1, -0.05) is 11.8 Å². The summed E-state index contributed by atoms with van der Waals surface area (Å²) >= 11 is 1.49. The first-order valence-electron chi connectivity index (χ1n) is 9.60. The molecule has 1 aliphatic heterocycles. The Morgan fingerprint density at radius 2 is 2.14 bits per heavy atom. The van der Waals surface area contributed by atoms with Crippen LogP contribution in [0.15, 0.2) is 27.0 Å². The highest BCUT2D eigenvalue weighted by atomic mass is 32.2. The molecule has 1 aliphatic carbocycles. The number of carbonyl (C=O) groups excluding carboxylic acids is 1. The first-order chi connectivity index (χ1) is 13.5. The highest BCUT2D eigenvalue weighted by Gasteiger charge is 2.27. The molecule has 148 valence electrons. The molecule has 0 fully saturated rings. The maximum atomic E-state index is 12.3. The van der Waals surface area contributed by atoms with Crippen LogP contribution in [0.5, 0.6) is 0 Å². The summed E-state index contributed by atoms with van der Waals surface area (Å²) in [7, 11) is 0. The smallest absolute Gasteiger partial charge is 0.267 e. The minimum atomic E-state index is -0.190. The Kier molecular flexibility index (Phi) is 5.34. The number of carbonyl (C=O) groups is 1. The quantitative estimate of drug-likeness (QED) is 0.746. The van der Waals surface area contributed by atoms with E-state index in [0.29, 0.717) is 29.6 Å². The van der Waals surface area contributed by atoms with Crippen LogP contribution in [0.3, 0.4) is 0 Å². The average Bonchev–Trinajstić information content (AvgIpc) is 3.08. The Morgan fingerprint density at radius 3 is 3.00 bits per heavy atom. The lowest BCUT2D eigenvalue weighted by Gasteiger charge is -2.16. The summed E-state index contributed by atoms with van der Waals surface area (Å²) in [5.41, 5.74) is 2.43. The van der Waals surface area contributed by atoms with Gasteiger partial charge in [0.05, 0.1) is 18.3 Å². The summed E-state index contributed by atoms with van der Waals surface area (Å²) in [5.74, 6) is 0.517. The van der Waals surface area contributed by atoms with Crippen molar-refractivity contribution in [2.75, 3.05) is 12.3 Å². The lowest BCUT2D eigenvalue weighted by molar-refractivity contribution is -0.121. The van der Waals surface area contributed by atoms with E-state index in [1.54, 1.807) is 23.8 Å². The third-order valence-electron chi connectivity index (χ3n) is 5.24. The van der Waals surface area contributed by atoms with Gasteiger partial charge in [0.15, 0.2) is 5.16 Å². The van der Waals surface area contributed by atoms with Gasteiger partial charge in [-0.3, -0.25) is 19.0 Å². The van der Waals surface area contributed by atoms with Gasteiger partial charge in [-0.15, -0.1) is 0 Å². The maximum Gasteiger partial charge on any atom is 0.267 e. The zero-order valence-corrected chi connectivity index (χ0v) is 16.6. The van der Waals surface area contributed by atoms with Gasteiger partial charge in [-0.2, -0.15) is 5.10 Å². The third kappa shape index (κ3) is 3.76. The van der Waals surface area contributed by atoms with Gasteiger partial charge in [0.1, 0.15) is 0 Å². The highest BCUT2D eigenvalue weighted by Crippen LogP contribution is 2.31. The van der Waals surface area contributed by atoms with Gasteiger partial charge in [-0.25, -0.2) is 9.67 Å². The van der Waals surface area contributed by atoms with Crippen LogP contribution in [0.1, 0.15) is 42.1 Å². The molecular weight excluding hydrogens is 378 g/mol. The Bertz CT molecular complexity index is 1030. The van der Waals surface area contributed by atoms with Crippen molar-refractivity contribution in [2.24, 2.45) is 0 Å². The summed E-state index contributed by atoms with van der Waals surface area (Å²) in [4.78, 5) is 41.2. The van der Waals surface area contributed by atoms with E-state index >= 15 is 0 Å². The van der Waals surface area contributed by atoms with E-state index in [4.69, 9.17) is 0 Å². The van der Waals surface area contributed by atoms with Crippen molar-refractivity contribution >= 4 is 17.7 Å². The van der Waals surface area contributed by atoms with Gasteiger partial charge in [0.25, 0.3) is 11.1 Å². The number of thioether (sulfide) groups is 1. The lowest BCUT2D eigenvalue weighted by atomic mass is 9.97. The molecule has 1 amide bonds. The van der Waals surface area contributed by atoms with E-state index in [9.17, 15) is 14.4 Å². The molecule has 2 aromatic rings. The zero-order valence-electron chi connectivity index (χ0n) is 15.8. The number of fused-ring (bicyclic) bond motifs is 2. The van der Waals surface area contributed by atoms with Crippen molar-refractivity contribution in [3.63, 3.8) is 0 Å². The van der Waals surface area contributed by atoms with Crippen molar-refractivity contribution < 1.29 is 4.79 Å². The van der Waals surface area contributed by atoms with Crippen LogP contribution in [0.25, 0.3) is 0 Å². The summed E-state index contributed by atoms with van der Waals surface area (Å²) < 4.78 is 3.05. The maximum absolute atomic E-state index is 12.3. The third-order valence-corrected chi connectivity index (χ3v) is 6.35. The number of amides is 1. The van der Waals surface area contributed by atoms with Gasteiger partial charge >= 0.3 is 0 Å². The number of hydrogen-bond acceptors (Lipinski definition) is 6. The summed E-state index contributed by atoms with van der Waals surface area (Å²) in [6, 6.07) is 1.49. The van der Waals surface area contributed by atoms with Crippen molar-refractivity contribution in [2.45, 2.75) is 56.8 Å². The lowest BCUT2D eigenvalue weighted by Crippen LogP contribution is -2.35. The number of hydrogen-bond donors (Lipinski definition) is 1. The fourth-order valence-electron chi connectivity index (χ4n) is 3.72. The molecule has 0 aromatic carbocycles. The monoisotopic (exact) mass is 401 g/mol. The molecule has 1 N–H and O–H groups in total. The molecule has 0 saturated carbocycles. The molecule has 28 heavy (non-hydrogen) atoms. The van der Waals surface area contributed by atoms with Crippen molar-refractivity contribution in [1.82, 2.24) is 24.6 Å². The summed E-state index contributed by atoms with van der Waals surface area (Å²) in [6.45, 7) is 2.40. The second-order valence-corrected chi connectivity index (χ2v) is 8.29. The van der Waals surface area contributed by atoms with Crippen LogP contribution in [-0.4, -0.2) is 37.5 Å². The number of aromatic nitrogens is 4. The van der Waals surface area contributed by atoms with Crippen LogP contribution in [0.2, 0.25) is 0 Å². The van der Waals surface area contributed by atoms with Crippen molar-refractivity contribution in [3.05, 3.63) is 49.8 Å². The zero-order chi connectivity index (χ0) is 19.7. The first kappa shape index (κ1) is 18.9. The number of nitrogens with zero attached hydrogens (tertiary/aromatic N) is 4. The Balaban J connectivity index is 1.35. The first-order valence-corrected chi connectivity index (χ1v) is 10.6. The SMILES string of the molecule is Cc1cnc2n(c1=O)C(CC(=O)NCCn1nc3c(cc1=O)CCCC3)CS2. The summed E-state index contributed by atoms with van der Waals surface area (Å²) in [5, 5.41) is 7.97. The predicted molar refractivity (Wildman–Crippen MR) is 106 cm³/mol. The number of nitrogens with one attached hydrogen (secondary N) is 1. The van der Waals surface area contributed by atoms with E-state index in [0.717, 1.165) is 36.9 Å². The number of aryl methyl sites for hydroxylation is 3. The molecule has 0 spiro atoms. The molecule has 4 rings (SSSR count). The van der Waals surface area contributed by atoms with Crippen LogP contribution in [-0.2, 0) is 24.2 Å². The number of rotatable bonds is 5. The van der Waals surface area contributed by atoms with Crippen LogP contribution in [0, 0.1) is 6.92 Å². The van der Waals surface area contributed by atoms with Crippen LogP contribution in [0.4, 0.5) is 0 Å². The van der Waals surface area contributed by atoms with Crippen LogP contribution >= 0.6 is 11.8 Å². The Morgan fingerprint density at radius 1 is 1.32 bits per heavy atom. The minimum Gasteiger partial charge on any atom is -0.354 e. The average molecular weight is 401 g/mol. The minimum absolute atomic E-state index is 0.0855. The Hall–Kier alpha value is -2.42. The molecular formula is C19H23N5O3S. The molecule has 1 atom stereocenters. The van der Waals surface area contributed by atoms with E-state index in [2.05, 4.69) is 15.4 Å². The van der Waals surface area contributed by atoms with E-state index in [1.807, 2.05) is 0 Å². The highest BCUT2D eigenvalue weighted by molar-refractivity contribution is 7.99. The topological polar surface area (TPSA) is 98.9 Å². The molecule has 8 nitrogen and oxygen atoms in total. The molecule has 2 aromatic heterocycles. The van der Waals surface area contributed by atoms with Crippen LogP contribution < -0.4 is 16.4 Å². The van der Waals surface area contributed by atoms with E-state index < -0.39 is 0 Å². The van der Waals surface area contributed by atoms with Gasteiger partial charge in [-0.05, 0) is 38.2 Å².